The van der Waals surface area contributed by atoms with Crippen LogP contribution in [0, 0.1) is 0 Å². The lowest BCUT2D eigenvalue weighted by atomic mass is 9.98. The van der Waals surface area contributed by atoms with E-state index >= 15 is 0 Å². The number of rotatable bonds is 4. The number of thiophene rings is 1. The fourth-order valence-electron chi connectivity index (χ4n) is 2.54. The van der Waals surface area contributed by atoms with E-state index in [9.17, 15) is 0 Å². The maximum absolute atomic E-state index is 6.42. The number of benzene rings is 2. The van der Waals surface area contributed by atoms with Gasteiger partial charge in [-0.1, -0.05) is 29.8 Å². The molecular formula is C17H16ClNOS. The Morgan fingerprint density at radius 3 is 2.86 bits per heavy atom. The van der Waals surface area contributed by atoms with Crippen molar-refractivity contribution in [2.75, 3.05) is 7.11 Å². The first kappa shape index (κ1) is 14.4. The molecule has 0 saturated carbocycles. The molecule has 108 valence electrons. The van der Waals surface area contributed by atoms with Crippen LogP contribution in [-0.4, -0.2) is 7.11 Å². The van der Waals surface area contributed by atoms with Gasteiger partial charge < -0.3 is 10.5 Å². The highest BCUT2D eigenvalue weighted by atomic mass is 35.5. The van der Waals surface area contributed by atoms with Gasteiger partial charge in [-0.15, -0.1) is 11.3 Å². The minimum Gasteiger partial charge on any atom is -0.496 e. The van der Waals surface area contributed by atoms with Crippen molar-refractivity contribution in [3.8, 4) is 5.75 Å². The summed E-state index contributed by atoms with van der Waals surface area (Å²) in [6.45, 7) is 0. The zero-order chi connectivity index (χ0) is 14.8. The highest BCUT2D eigenvalue weighted by Gasteiger charge is 2.15. The molecule has 2 nitrogen and oxygen atoms in total. The third-order valence-electron chi connectivity index (χ3n) is 3.59. The van der Waals surface area contributed by atoms with Gasteiger partial charge in [-0.25, -0.2) is 0 Å². The molecule has 1 atom stereocenters. The van der Waals surface area contributed by atoms with Crippen LogP contribution >= 0.6 is 22.9 Å². The van der Waals surface area contributed by atoms with Crippen LogP contribution in [-0.2, 0) is 6.42 Å². The highest BCUT2D eigenvalue weighted by molar-refractivity contribution is 7.17. The predicted octanol–water partition coefficient (Wildman–Crippen LogP) is 4.81. The minimum atomic E-state index is -0.0754. The number of hydrogen-bond acceptors (Lipinski definition) is 3. The van der Waals surface area contributed by atoms with Gasteiger partial charge in [0.1, 0.15) is 5.75 Å². The first-order chi connectivity index (χ1) is 10.2. The van der Waals surface area contributed by atoms with E-state index < -0.39 is 0 Å². The van der Waals surface area contributed by atoms with Crippen LogP contribution in [0.15, 0.2) is 47.8 Å². The molecule has 3 rings (SSSR count). The van der Waals surface area contributed by atoms with Gasteiger partial charge in [0.05, 0.1) is 7.11 Å². The monoisotopic (exact) mass is 317 g/mol. The van der Waals surface area contributed by atoms with Gasteiger partial charge in [0, 0.05) is 15.8 Å². The summed E-state index contributed by atoms with van der Waals surface area (Å²) in [7, 11) is 1.66. The lowest BCUT2D eigenvalue weighted by Crippen LogP contribution is -2.13. The van der Waals surface area contributed by atoms with Crippen LogP contribution in [0.5, 0.6) is 5.75 Å². The highest BCUT2D eigenvalue weighted by Crippen LogP contribution is 2.33. The van der Waals surface area contributed by atoms with Gasteiger partial charge in [-0.05, 0) is 52.6 Å². The summed E-state index contributed by atoms with van der Waals surface area (Å²) < 4.78 is 6.66. The molecule has 4 heteroatoms. The second-order valence-electron chi connectivity index (χ2n) is 4.95. The van der Waals surface area contributed by atoms with Gasteiger partial charge in [-0.3, -0.25) is 0 Å². The van der Waals surface area contributed by atoms with Crippen LogP contribution in [0.2, 0.25) is 5.02 Å². The summed E-state index contributed by atoms with van der Waals surface area (Å²) in [4.78, 5) is 0. The summed E-state index contributed by atoms with van der Waals surface area (Å²) >= 11 is 7.81. The van der Waals surface area contributed by atoms with Crippen molar-refractivity contribution in [1.29, 1.82) is 0 Å². The molecule has 0 fully saturated rings. The van der Waals surface area contributed by atoms with Crippen LogP contribution < -0.4 is 10.5 Å². The smallest absolute Gasteiger partial charge is 0.122 e. The lowest BCUT2D eigenvalue weighted by Gasteiger charge is -2.14. The van der Waals surface area contributed by atoms with Crippen molar-refractivity contribution in [1.82, 2.24) is 0 Å². The SMILES string of the molecule is COc1ccc(Cl)cc1CC(N)c1csc2ccccc12. The Morgan fingerprint density at radius 1 is 1.24 bits per heavy atom. The Hall–Kier alpha value is -1.55. The van der Waals surface area contributed by atoms with E-state index in [1.165, 1.54) is 15.6 Å². The summed E-state index contributed by atoms with van der Waals surface area (Å²) in [6, 6.07) is 13.9. The molecule has 0 amide bonds. The zero-order valence-electron chi connectivity index (χ0n) is 11.7. The van der Waals surface area contributed by atoms with Crippen LogP contribution in [0.4, 0.5) is 0 Å². The molecule has 0 saturated heterocycles. The quantitative estimate of drug-likeness (QED) is 0.749. The van der Waals surface area contributed by atoms with Crippen molar-refractivity contribution in [2.24, 2.45) is 5.73 Å². The van der Waals surface area contributed by atoms with E-state index in [4.69, 9.17) is 22.1 Å². The van der Waals surface area contributed by atoms with E-state index in [0.29, 0.717) is 11.4 Å². The maximum Gasteiger partial charge on any atom is 0.122 e. The lowest BCUT2D eigenvalue weighted by molar-refractivity contribution is 0.408. The standard InChI is InChI=1S/C17H16ClNOS/c1-20-16-7-6-12(18)8-11(16)9-15(19)14-10-21-17-5-3-2-4-13(14)17/h2-8,10,15H,9,19H2,1H3. The number of nitrogens with two attached hydrogens (primary N) is 1. The third-order valence-corrected chi connectivity index (χ3v) is 4.81. The third kappa shape index (κ3) is 2.91. The van der Waals surface area contributed by atoms with Crippen LogP contribution in [0.25, 0.3) is 10.1 Å². The molecular weight excluding hydrogens is 302 g/mol. The first-order valence-corrected chi connectivity index (χ1v) is 7.99. The number of methoxy groups -OCH3 is 1. The molecule has 0 aliphatic carbocycles. The Labute approximate surface area is 133 Å². The van der Waals surface area contributed by atoms with E-state index in [1.54, 1.807) is 18.4 Å². The van der Waals surface area contributed by atoms with Gasteiger partial charge in [0.25, 0.3) is 0 Å². The molecule has 21 heavy (non-hydrogen) atoms. The predicted molar refractivity (Wildman–Crippen MR) is 90.5 cm³/mol. The normalized spacial score (nSPS) is 12.5. The molecule has 2 aromatic carbocycles. The number of fused-ring (bicyclic) bond motifs is 1. The van der Waals surface area contributed by atoms with Gasteiger partial charge in [0.2, 0.25) is 0 Å². The molecule has 1 unspecified atom stereocenters. The zero-order valence-corrected chi connectivity index (χ0v) is 13.2. The van der Waals surface area contributed by atoms with Gasteiger partial charge in [-0.2, -0.15) is 0 Å². The molecule has 0 radical (unpaired) electrons. The van der Waals surface area contributed by atoms with Crippen LogP contribution in [0.1, 0.15) is 17.2 Å². The Morgan fingerprint density at radius 2 is 2.05 bits per heavy atom. The Kier molecular flexibility index (Phi) is 4.15. The number of hydrogen-bond donors (Lipinski definition) is 1. The Balaban J connectivity index is 1.93. The van der Waals surface area contributed by atoms with Crippen molar-refractivity contribution in [3.63, 3.8) is 0 Å². The molecule has 1 heterocycles. The fourth-order valence-corrected chi connectivity index (χ4v) is 3.76. The van der Waals surface area contributed by atoms with Crippen LogP contribution in [0.3, 0.4) is 0 Å². The molecule has 2 N–H and O–H groups in total. The molecule has 0 aliphatic heterocycles. The molecule has 3 aromatic rings. The minimum absolute atomic E-state index is 0.0754. The van der Waals surface area contributed by atoms with Gasteiger partial charge >= 0.3 is 0 Å². The maximum atomic E-state index is 6.42. The largest absolute Gasteiger partial charge is 0.496 e. The fraction of sp³-hybridized carbons (Fsp3) is 0.176. The van der Waals surface area contributed by atoms with E-state index in [0.717, 1.165) is 11.3 Å². The second-order valence-corrected chi connectivity index (χ2v) is 6.30. The van der Waals surface area contributed by atoms with Crippen molar-refractivity contribution >= 4 is 33.0 Å². The Bertz CT molecular complexity index is 768. The summed E-state index contributed by atoms with van der Waals surface area (Å²) in [5, 5.41) is 4.08. The molecule has 0 bridgehead atoms. The number of ether oxygens (including phenoxy) is 1. The van der Waals surface area contributed by atoms with Gasteiger partial charge in [0.15, 0.2) is 0 Å². The van der Waals surface area contributed by atoms with E-state index in [-0.39, 0.29) is 6.04 Å². The average Bonchev–Trinajstić information content (AvgIpc) is 2.91. The molecule has 0 spiro atoms. The summed E-state index contributed by atoms with van der Waals surface area (Å²) in [5.74, 6) is 0.828. The molecule has 1 aromatic heterocycles. The number of halogens is 1. The summed E-state index contributed by atoms with van der Waals surface area (Å²) in [5.41, 5.74) is 8.63. The second kappa shape index (κ2) is 6.06. The first-order valence-electron chi connectivity index (χ1n) is 6.73. The van der Waals surface area contributed by atoms with Crippen molar-refractivity contribution < 1.29 is 4.74 Å². The van der Waals surface area contributed by atoms with Crippen molar-refractivity contribution in [2.45, 2.75) is 12.5 Å². The average molecular weight is 318 g/mol. The van der Waals surface area contributed by atoms with E-state index in [2.05, 4.69) is 17.5 Å². The van der Waals surface area contributed by atoms with E-state index in [1.807, 2.05) is 30.3 Å². The molecule has 0 aliphatic rings. The summed E-state index contributed by atoms with van der Waals surface area (Å²) in [6.07, 6.45) is 0.699. The topological polar surface area (TPSA) is 35.2 Å². The van der Waals surface area contributed by atoms with Crippen molar-refractivity contribution in [3.05, 3.63) is 64.0 Å².